The lowest BCUT2D eigenvalue weighted by Gasteiger charge is -2.18. The normalized spacial score (nSPS) is 16.4. The Kier molecular flexibility index (Phi) is 5.35. The van der Waals surface area contributed by atoms with Crippen LogP contribution in [0.25, 0.3) is 0 Å². The van der Waals surface area contributed by atoms with Gasteiger partial charge in [0.05, 0.1) is 20.3 Å². The topological polar surface area (TPSA) is 106 Å². The van der Waals surface area contributed by atoms with Crippen molar-refractivity contribution in [1.29, 1.82) is 0 Å². The molecule has 1 aromatic carbocycles. The molecule has 2 aromatic rings. The summed E-state index contributed by atoms with van der Waals surface area (Å²) >= 11 is 0. The Labute approximate surface area is 161 Å². The highest BCUT2D eigenvalue weighted by Crippen LogP contribution is 2.27. The Hall–Kier alpha value is -3.75. The van der Waals surface area contributed by atoms with Gasteiger partial charge in [-0.15, -0.1) is 0 Å². The largest absolute Gasteiger partial charge is 0.497 e. The third-order valence-corrected chi connectivity index (χ3v) is 3.87. The third kappa shape index (κ3) is 3.98. The van der Waals surface area contributed by atoms with Crippen LogP contribution in [0.3, 0.4) is 0 Å². The molecule has 9 nitrogen and oxygen atoms in total. The van der Waals surface area contributed by atoms with E-state index in [0.717, 1.165) is 17.5 Å². The average molecular weight is 381 g/mol. The second-order valence-corrected chi connectivity index (χ2v) is 5.93. The highest BCUT2D eigenvalue weighted by Gasteiger charge is 2.34. The summed E-state index contributed by atoms with van der Waals surface area (Å²) in [5, 5.41) is 2.65. The number of amides is 1. The molecule has 0 saturated carbocycles. The summed E-state index contributed by atoms with van der Waals surface area (Å²) in [6.45, 7) is 3.66. The summed E-state index contributed by atoms with van der Waals surface area (Å²) in [7, 11) is 2.80. The summed E-state index contributed by atoms with van der Waals surface area (Å²) in [5.41, 5.74) is 2.16. The van der Waals surface area contributed by atoms with Gasteiger partial charge in [-0.3, -0.25) is 15.0 Å². The molecule has 1 N–H and O–H groups in total. The number of guanidine groups is 1. The number of carbonyl (C=O) groups is 2. The summed E-state index contributed by atoms with van der Waals surface area (Å²) in [6, 6.07) is 8.77. The molecule has 1 aliphatic rings. The molecule has 144 valence electrons. The van der Waals surface area contributed by atoms with E-state index in [2.05, 4.69) is 25.0 Å². The van der Waals surface area contributed by atoms with Crippen molar-refractivity contribution in [2.45, 2.75) is 13.8 Å². The second-order valence-electron chi connectivity index (χ2n) is 5.93. The lowest BCUT2D eigenvalue weighted by Crippen LogP contribution is -2.29. The van der Waals surface area contributed by atoms with Gasteiger partial charge >= 0.3 is 5.97 Å². The van der Waals surface area contributed by atoms with E-state index in [-0.39, 0.29) is 17.6 Å². The fourth-order valence-corrected chi connectivity index (χ4v) is 2.66. The van der Waals surface area contributed by atoms with Gasteiger partial charge in [0.2, 0.25) is 5.96 Å². The van der Waals surface area contributed by atoms with Gasteiger partial charge in [-0.1, -0.05) is 0 Å². The first-order chi connectivity index (χ1) is 13.4. The molecule has 1 aliphatic heterocycles. The molecule has 0 aliphatic carbocycles. The van der Waals surface area contributed by atoms with Crippen LogP contribution in [0.1, 0.15) is 11.4 Å². The second kappa shape index (κ2) is 7.87. The van der Waals surface area contributed by atoms with Crippen LogP contribution in [0.4, 0.5) is 11.6 Å². The van der Waals surface area contributed by atoms with Gasteiger partial charge in [0.1, 0.15) is 11.4 Å². The van der Waals surface area contributed by atoms with Crippen LogP contribution in [0.15, 0.2) is 47.1 Å². The molecule has 3 rings (SSSR count). The molecule has 0 radical (unpaired) electrons. The Balaban J connectivity index is 2.11. The van der Waals surface area contributed by atoms with Gasteiger partial charge in [0.25, 0.3) is 11.9 Å². The van der Waals surface area contributed by atoms with Crippen LogP contribution < -0.4 is 15.0 Å². The Morgan fingerprint density at radius 2 is 1.79 bits per heavy atom. The SMILES string of the molecule is COC(=O)C=C1C(=O)N/C(=N\c2nc(C)cc(C)n2)N1c1ccc(OC)cc1. The summed E-state index contributed by atoms with van der Waals surface area (Å²) in [6.07, 6.45) is 1.10. The lowest BCUT2D eigenvalue weighted by atomic mass is 10.2. The van der Waals surface area contributed by atoms with Crippen LogP contribution in [-0.2, 0) is 14.3 Å². The number of ether oxygens (including phenoxy) is 2. The minimum absolute atomic E-state index is 0.0696. The van der Waals surface area contributed by atoms with E-state index in [1.165, 1.54) is 12.0 Å². The van der Waals surface area contributed by atoms with Crippen LogP contribution >= 0.6 is 0 Å². The molecule has 0 bridgehead atoms. The highest BCUT2D eigenvalue weighted by molar-refractivity contribution is 6.24. The Bertz CT molecular complexity index is 962. The first-order valence-electron chi connectivity index (χ1n) is 8.37. The fourth-order valence-electron chi connectivity index (χ4n) is 2.66. The summed E-state index contributed by atoms with van der Waals surface area (Å²) < 4.78 is 9.83. The maximum atomic E-state index is 12.5. The van der Waals surface area contributed by atoms with E-state index < -0.39 is 11.9 Å². The number of hydrogen-bond donors (Lipinski definition) is 1. The summed E-state index contributed by atoms with van der Waals surface area (Å²) in [4.78, 5) is 38.7. The Morgan fingerprint density at radius 1 is 1.14 bits per heavy atom. The quantitative estimate of drug-likeness (QED) is 0.635. The molecular weight excluding hydrogens is 362 g/mol. The number of rotatable bonds is 4. The van der Waals surface area contributed by atoms with Crippen LogP contribution in [0.2, 0.25) is 0 Å². The number of carbonyl (C=O) groups excluding carboxylic acids is 2. The van der Waals surface area contributed by atoms with Crippen LogP contribution in [-0.4, -0.2) is 42.0 Å². The van der Waals surface area contributed by atoms with Crippen LogP contribution in [0.5, 0.6) is 5.75 Å². The van der Waals surface area contributed by atoms with Crippen molar-refractivity contribution < 1.29 is 19.1 Å². The van der Waals surface area contributed by atoms with E-state index in [9.17, 15) is 9.59 Å². The molecule has 0 atom stereocenters. The zero-order chi connectivity index (χ0) is 20.3. The van der Waals surface area contributed by atoms with E-state index >= 15 is 0 Å². The summed E-state index contributed by atoms with van der Waals surface area (Å²) in [5.74, 6) is -0.130. The van der Waals surface area contributed by atoms with E-state index in [1.54, 1.807) is 31.4 Å². The highest BCUT2D eigenvalue weighted by atomic mass is 16.5. The number of benzene rings is 1. The van der Waals surface area contributed by atoms with E-state index in [0.29, 0.717) is 11.4 Å². The Morgan fingerprint density at radius 3 is 2.36 bits per heavy atom. The molecule has 1 fully saturated rings. The maximum Gasteiger partial charge on any atom is 0.332 e. The number of hydrogen-bond acceptors (Lipinski definition) is 7. The molecule has 2 heterocycles. The molecule has 1 amide bonds. The standard InChI is InChI=1S/C19H19N5O4/c1-11-9-12(2)21-18(20-11)23-19-22-17(26)15(10-16(25)28-4)24(19)13-5-7-14(27-3)8-6-13/h5-10H,1-4H3,(H,20,21,22,23,26). The fraction of sp³-hybridized carbons (Fsp3) is 0.211. The van der Waals surface area contributed by atoms with Crippen molar-refractivity contribution in [3.63, 3.8) is 0 Å². The number of anilines is 1. The van der Waals surface area contributed by atoms with Gasteiger partial charge in [-0.25, -0.2) is 14.8 Å². The van der Waals surface area contributed by atoms with Gasteiger partial charge < -0.3 is 9.47 Å². The third-order valence-electron chi connectivity index (χ3n) is 3.87. The first kappa shape index (κ1) is 19.0. The predicted octanol–water partition coefficient (Wildman–Crippen LogP) is 1.78. The minimum atomic E-state index is -0.660. The molecule has 0 spiro atoms. The van der Waals surface area contributed by atoms with Gasteiger partial charge in [0.15, 0.2) is 0 Å². The number of nitrogens with zero attached hydrogens (tertiary/aromatic N) is 4. The van der Waals surface area contributed by atoms with Gasteiger partial charge in [-0.2, -0.15) is 4.99 Å². The van der Waals surface area contributed by atoms with E-state index in [4.69, 9.17) is 4.74 Å². The maximum absolute atomic E-state index is 12.5. The van der Waals surface area contributed by atoms with Crippen molar-refractivity contribution >= 4 is 29.5 Å². The molecule has 9 heteroatoms. The first-order valence-corrected chi connectivity index (χ1v) is 8.37. The molecular formula is C19H19N5O4. The van der Waals surface area contributed by atoms with Crippen LogP contribution in [0, 0.1) is 13.8 Å². The number of aromatic nitrogens is 2. The number of nitrogens with one attached hydrogen (secondary N) is 1. The smallest absolute Gasteiger partial charge is 0.332 e. The average Bonchev–Trinajstić information content (AvgIpc) is 2.95. The zero-order valence-corrected chi connectivity index (χ0v) is 15.9. The predicted molar refractivity (Wildman–Crippen MR) is 102 cm³/mol. The van der Waals surface area contributed by atoms with E-state index in [1.807, 2.05) is 19.9 Å². The molecule has 0 unspecified atom stereocenters. The van der Waals surface area contributed by atoms with Gasteiger partial charge in [0, 0.05) is 17.1 Å². The number of aryl methyl sites for hydroxylation is 2. The minimum Gasteiger partial charge on any atom is -0.497 e. The number of esters is 1. The molecule has 1 saturated heterocycles. The molecule has 1 aromatic heterocycles. The lowest BCUT2D eigenvalue weighted by molar-refractivity contribution is -0.135. The van der Waals surface area contributed by atoms with Crippen molar-refractivity contribution in [3.8, 4) is 5.75 Å². The molecule has 28 heavy (non-hydrogen) atoms. The number of aliphatic imine (C=N–C) groups is 1. The van der Waals surface area contributed by atoms with Gasteiger partial charge in [-0.05, 0) is 44.2 Å². The van der Waals surface area contributed by atoms with Crippen molar-refractivity contribution in [1.82, 2.24) is 15.3 Å². The van der Waals surface area contributed by atoms with Crippen molar-refractivity contribution in [2.24, 2.45) is 4.99 Å². The van der Waals surface area contributed by atoms with Crippen molar-refractivity contribution in [2.75, 3.05) is 19.1 Å². The number of methoxy groups -OCH3 is 2. The van der Waals surface area contributed by atoms with Crippen molar-refractivity contribution in [3.05, 3.63) is 53.5 Å². The monoisotopic (exact) mass is 381 g/mol. The zero-order valence-electron chi connectivity index (χ0n) is 15.9.